The second kappa shape index (κ2) is 5.41. The summed E-state index contributed by atoms with van der Waals surface area (Å²) >= 11 is 0. The minimum absolute atomic E-state index is 0.0942. The zero-order valence-electron chi connectivity index (χ0n) is 9.69. The predicted molar refractivity (Wildman–Crippen MR) is 65.7 cm³/mol. The van der Waals surface area contributed by atoms with E-state index in [1.807, 2.05) is 31.2 Å². The molecular weight excluding hydrogens is 202 g/mol. The van der Waals surface area contributed by atoms with E-state index in [0.29, 0.717) is 0 Å². The largest absolute Gasteiger partial charge is 0.382 e. The van der Waals surface area contributed by atoms with Crippen LogP contribution in [0, 0.1) is 0 Å². The summed E-state index contributed by atoms with van der Waals surface area (Å²) in [6.45, 7) is 2.19. The van der Waals surface area contributed by atoms with Crippen molar-refractivity contribution in [3.63, 3.8) is 0 Å². The molecule has 0 heterocycles. The van der Waals surface area contributed by atoms with Gasteiger partial charge in [-0.15, -0.1) is 0 Å². The highest BCUT2D eigenvalue weighted by molar-refractivity contribution is 5.35. The molecule has 90 valence electrons. The Labute approximate surface area is 96.4 Å². The van der Waals surface area contributed by atoms with Crippen molar-refractivity contribution < 1.29 is 5.11 Å². The van der Waals surface area contributed by atoms with Crippen LogP contribution in [0.25, 0.3) is 0 Å². The Morgan fingerprint density at radius 3 is 2.31 bits per heavy atom. The molecule has 1 rings (SSSR count). The van der Waals surface area contributed by atoms with Crippen LogP contribution in [0.4, 0.5) is 0 Å². The van der Waals surface area contributed by atoms with Gasteiger partial charge in [-0.1, -0.05) is 31.2 Å². The summed E-state index contributed by atoms with van der Waals surface area (Å²) in [5, 5.41) is 10.3. The molecule has 0 fully saturated rings. The van der Waals surface area contributed by atoms with E-state index >= 15 is 0 Å². The van der Waals surface area contributed by atoms with E-state index in [9.17, 15) is 5.11 Å². The van der Waals surface area contributed by atoms with Crippen LogP contribution >= 0.6 is 0 Å². The summed E-state index contributed by atoms with van der Waals surface area (Å²) in [6, 6.07) is 7.42. The van der Waals surface area contributed by atoms with Gasteiger partial charge in [0.25, 0.3) is 0 Å². The molecule has 0 amide bonds. The molecule has 4 heteroatoms. The highest BCUT2D eigenvalue weighted by Gasteiger charge is 2.29. The van der Waals surface area contributed by atoms with Crippen LogP contribution in [0.15, 0.2) is 24.3 Å². The quantitative estimate of drug-likeness (QED) is 0.573. The number of aliphatic hydroxyl groups is 1. The van der Waals surface area contributed by atoms with Crippen molar-refractivity contribution in [1.82, 2.24) is 0 Å². The molecular formula is C12H21N3O. The van der Waals surface area contributed by atoms with Gasteiger partial charge in [0.15, 0.2) is 0 Å². The van der Waals surface area contributed by atoms with Crippen molar-refractivity contribution in [2.45, 2.75) is 25.0 Å². The van der Waals surface area contributed by atoms with E-state index in [-0.39, 0.29) is 19.1 Å². The Balaban J connectivity index is 3.21. The highest BCUT2D eigenvalue weighted by Crippen LogP contribution is 2.27. The number of hydrogen-bond acceptors (Lipinski definition) is 4. The maximum Gasteiger partial charge on any atom is 0.114 e. The summed E-state index contributed by atoms with van der Waals surface area (Å²) in [5.74, 6) is 0. The van der Waals surface area contributed by atoms with E-state index in [1.165, 1.54) is 0 Å². The zero-order valence-corrected chi connectivity index (χ0v) is 9.69. The molecule has 1 aromatic rings. The van der Waals surface area contributed by atoms with E-state index in [4.69, 9.17) is 17.2 Å². The summed E-state index contributed by atoms with van der Waals surface area (Å²) in [5.41, 5.74) is 17.7. The number of benzene rings is 1. The van der Waals surface area contributed by atoms with Gasteiger partial charge < -0.3 is 22.3 Å². The van der Waals surface area contributed by atoms with Crippen molar-refractivity contribution in [2.75, 3.05) is 13.1 Å². The third-order valence-corrected chi connectivity index (χ3v) is 2.98. The maximum atomic E-state index is 10.3. The lowest BCUT2D eigenvalue weighted by molar-refractivity contribution is 0.0541. The highest BCUT2D eigenvalue weighted by atomic mass is 16.3. The second-order valence-corrected chi connectivity index (χ2v) is 4.04. The van der Waals surface area contributed by atoms with Crippen LogP contribution in [-0.4, -0.2) is 18.2 Å². The molecule has 0 radical (unpaired) electrons. The molecule has 0 saturated heterocycles. The second-order valence-electron chi connectivity index (χ2n) is 4.04. The zero-order chi connectivity index (χ0) is 12.2. The predicted octanol–water partition coefficient (Wildman–Crippen LogP) is 0.201. The van der Waals surface area contributed by atoms with Crippen molar-refractivity contribution in [1.29, 1.82) is 0 Å². The van der Waals surface area contributed by atoms with Gasteiger partial charge >= 0.3 is 0 Å². The van der Waals surface area contributed by atoms with Crippen LogP contribution in [0.3, 0.4) is 0 Å². The first-order valence-electron chi connectivity index (χ1n) is 5.56. The molecule has 0 aliphatic rings. The minimum Gasteiger partial charge on any atom is -0.382 e. The van der Waals surface area contributed by atoms with Gasteiger partial charge in [0.05, 0.1) is 0 Å². The van der Waals surface area contributed by atoms with E-state index in [1.54, 1.807) is 0 Å². The molecule has 16 heavy (non-hydrogen) atoms. The Kier molecular flexibility index (Phi) is 4.44. The summed E-state index contributed by atoms with van der Waals surface area (Å²) in [4.78, 5) is 0. The molecule has 7 N–H and O–H groups in total. The monoisotopic (exact) mass is 223 g/mol. The molecule has 1 aromatic carbocycles. The van der Waals surface area contributed by atoms with Gasteiger partial charge in [0, 0.05) is 19.1 Å². The molecule has 0 aliphatic heterocycles. The van der Waals surface area contributed by atoms with Crippen LogP contribution < -0.4 is 17.2 Å². The van der Waals surface area contributed by atoms with Crippen LogP contribution in [0.2, 0.25) is 0 Å². The summed E-state index contributed by atoms with van der Waals surface area (Å²) in [6.07, 6.45) is 0.808. The fourth-order valence-electron chi connectivity index (χ4n) is 1.77. The topological polar surface area (TPSA) is 98.3 Å². The molecule has 0 aliphatic carbocycles. The van der Waals surface area contributed by atoms with Crippen molar-refractivity contribution >= 4 is 0 Å². The van der Waals surface area contributed by atoms with E-state index < -0.39 is 5.60 Å². The lowest BCUT2D eigenvalue weighted by atomic mass is 9.86. The van der Waals surface area contributed by atoms with Crippen LogP contribution in [0.1, 0.15) is 30.5 Å². The van der Waals surface area contributed by atoms with E-state index in [0.717, 1.165) is 17.5 Å². The first-order valence-corrected chi connectivity index (χ1v) is 5.56. The summed E-state index contributed by atoms with van der Waals surface area (Å²) in [7, 11) is 0. The molecule has 1 atom stereocenters. The van der Waals surface area contributed by atoms with Crippen LogP contribution in [-0.2, 0) is 5.60 Å². The Morgan fingerprint density at radius 2 is 1.81 bits per heavy atom. The number of nitrogens with two attached hydrogens (primary N) is 3. The molecule has 0 bridgehead atoms. The normalized spacial score (nSPS) is 13.8. The average molecular weight is 223 g/mol. The van der Waals surface area contributed by atoms with E-state index in [2.05, 4.69) is 0 Å². The third kappa shape index (κ3) is 2.41. The van der Waals surface area contributed by atoms with Crippen LogP contribution in [0.5, 0.6) is 0 Å². The fourth-order valence-corrected chi connectivity index (χ4v) is 1.77. The van der Waals surface area contributed by atoms with Crippen molar-refractivity contribution in [2.24, 2.45) is 17.2 Å². The van der Waals surface area contributed by atoms with Crippen molar-refractivity contribution in [3.8, 4) is 0 Å². The van der Waals surface area contributed by atoms with Gasteiger partial charge in [-0.3, -0.25) is 0 Å². The molecule has 4 nitrogen and oxygen atoms in total. The smallest absolute Gasteiger partial charge is 0.114 e. The van der Waals surface area contributed by atoms with Crippen molar-refractivity contribution in [3.05, 3.63) is 35.4 Å². The molecule has 0 aromatic heterocycles. The SMILES string of the molecule is CCC(N)c1ccccc1C(O)(CN)CN. The maximum absolute atomic E-state index is 10.3. The fraction of sp³-hybridized carbons (Fsp3) is 0.500. The lowest BCUT2D eigenvalue weighted by Gasteiger charge is -2.29. The summed E-state index contributed by atoms with van der Waals surface area (Å²) < 4.78 is 0. The average Bonchev–Trinajstić information content (AvgIpc) is 2.37. The van der Waals surface area contributed by atoms with Gasteiger partial charge in [0.2, 0.25) is 0 Å². The molecule has 1 unspecified atom stereocenters. The Bertz CT molecular complexity index is 337. The Morgan fingerprint density at radius 1 is 1.25 bits per heavy atom. The minimum atomic E-state index is -1.18. The van der Waals surface area contributed by atoms with Gasteiger partial charge in [-0.2, -0.15) is 0 Å². The number of rotatable bonds is 5. The third-order valence-electron chi connectivity index (χ3n) is 2.98. The first kappa shape index (κ1) is 13.1. The first-order chi connectivity index (χ1) is 7.59. The number of hydrogen-bond donors (Lipinski definition) is 4. The molecule has 0 saturated carbocycles. The lowest BCUT2D eigenvalue weighted by Crippen LogP contribution is -2.43. The Hall–Kier alpha value is -0.940. The molecule has 0 spiro atoms. The van der Waals surface area contributed by atoms with Gasteiger partial charge in [0.1, 0.15) is 5.60 Å². The van der Waals surface area contributed by atoms with Gasteiger partial charge in [-0.05, 0) is 17.5 Å². The van der Waals surface area contributed by atoms with Gasteiger partial charge in [-0.25, -0.2) is 0 Å². The standard InChI is InChI=1S/C12H21N3O/c1-2-11(15)9-5-3-4-6-10(9)12(16,7-13)8-14/h3-6,11,16H,2,7-8,13-15H2,1H3.